The number of amides is 2. The molecule has 0 aromatic heterocycles. The smallest absolute Gasteiger partial charge is 0.416 e. The Morgan fingerprint density at radius 2 is 1.61 bits per heavy atom. The van der Waals surface area contributed by atoms with Gasteiger partial charge in [0.1, 0.15) is 0 Å². The third kappa shape index (κ3) is 9.57. The van der Waals surface area contributed by atoms with Gasteiger partial charge in [-0.05, 0) is 48.9 Å². The Hall–Kier alpha value is -3.60. The number of rotatable bonds is 11. The molecule has 2 aromatic rings. The van der Waals surface area contributed by atoms with Crippen molar-refractivity contribution in [3.63, 3.8) is 0 Å². The van der Waals surface area contributed by atoms with Crippen LogP contribution < -0.4 is 10.6 Å². The molecule has 0 atom stereocenters. The van der Waals surface area contributed by atoms with Crippen LogP contribution in [0.3, 0.4) is 0 Å². The molecule has 0 radical (unpaired) electrons. The summed E-state index contributed by atoms with van der Waals surface area (Å²) in [5, 5.41) is 4.57. The van der Waals surface area contributed by atoms with Crippen molar-refractivity contribution in [2.24, 2.45) is 0 Å². The lowest BCUT2D eigenvalue weighted by Gasteiger charge is -2.12. The van der Waals surface area contributed by atoms with Gasteiger partial charge in [-0.15, -0.1) is 0 Å². The van der Waals surface area contributed by atoms with Gasteiger partial charge in [-0.2, -0.15) is 13.2 Å². The summed E-state index contributed by atoms with van der Waals surface area (Å²) in [6, 6.07) is 8.42. The fourth-order valence-electron chi connectivity index (χ4n) is 2.72. The lowest BCUT2D eigenvalue weighted by atomic mass is 10.2. The molecular weight excluding hydrogens is 505 g/mol. The second kappa shape index (κ2) is 13.5. The molecule has 2 aromatic carbocycles. The molecule has 2 rings (SSSR count). The quantitative estimate of drug-likeness (QED) is 0.306. The molecule has 0 saturated heterocycles. The summed E-state index contributed by atoms with van der Waals surface area (Å²) >= 11 is 5.80. The summed E-state index contributed by atoms with van der Waals surface area (Å²) < 4.78 is 48.3. The zero-order valence-corrected chi connectivity index (χ0v) is 20.0. The van der Waals surface area contributed by atoms with Crippen molar-refractivity contribution in [1.82, 2.24) is 0 Å². The Morgan fingerprint density at radius 3 is 2.25 bits per heavy atom. The lowest BCUT2D eigenvalue weighted by Crippen LogP contribution is -2.22. The van der Waals surface area contributed by atoms with E-state index in [-0.39, 0.29) is 23.6 Å². The van der Waals surface area contributed by atoms with E-state index in [1.165, 1.54) is 24.3 Å². The maximum absolute atomic E-state index is 12.8. The highest BCUT2D eigenvalue weighted by Crippen LogP contribution is 2.33. The Kier molecular flexibility index (Phi) is 10.7. The Labute approximate surface area is 210 Å². The van der Waals surface area contributed by atoms with E-state index in [0.717, 1.165) is 25.0 Å². The van der Waals surface area contributed by atoms with Crippen molar-refractivity contribution >= 4 is 46.7 Å². The van der Waals surface area contributed by atoms with Crippen LogP contribution in [-0.2, 0) is 30.0 Å². The highest BCUT2D eigenvalue weighted by Gasteiger charge is 2.31. The van der Waals surface area contributed by atoms with E-state index in [1.807, 2.05) is 6.92 Å². The number of alkyl halides is 3. The van der Waals surface area contributed by atoms with Gasteiger partial charge < -0.3 is 20.1 Å². The number of ether oxygens (including phenoxy) is 2. The fourth-order valence-corrected chi connectivity index (χ4v) is 2.89. The first kappa shape index (κ1) is 28.6. The van der Waals surface area contributed by atoms with Gasteiger partial charge in [-0.1, -0.05) is 24.9 Å². The van der Waals surface area contributed by atoms with Gasteiger partial charge in [0, 0.05) is 12.1 Å². The van der Waals surface area contributed by atoms with Crippen molar-refractivity contribution < 1.29 is 41.8 Å². The van der Waals surface area contributed by atoms with Crippen LogP contribution in [0.25, 0.3) is 0 Å². The molecule has 0 spiro atoms. The maximum Gasteiger partial charge on any atom is 0.416 e. The number of hydrogen-bond acceptors (Lipinski definition) is 6. The van der Waals surface area contributed by atoms with E-state index in [2.05, 4.69) is 10.6 Å². The molecule has 2 N–H and O–H groups in total. The van der Waals surface area contributed by atoms with Crippen LogP contribution in [-0.4, -0.2) is 37.0 Å². The van der Waals surface area contributed by atoms with E-state index in [1.54, 1.807) is 0 Å². The molecule has 36 heavy (non-hydrogen) atoms. The maximum atomic E-state index is 12.8. The molecule has 0 saturated carbocycles. The molecular formula is C24H24ClF3N2O6. The van der Waals surface area contributed by atoms with Crippen LogP contribution >= 0.6 is 11.6 Å². The first-order chi connectivity index (χ1) is 17.0. The van der Waals surface area contributed by atoms with E-state index in [4.69, 9.17) is 21.1 Å². The third-order valence-electron chi connectivity index (χ3n) is 4.62. The summed E-state index contributed by atoms with van der Waals surface area (Å²) in [4.78, 5) is 47.7. The van der Waals surface area contributed by atoms with Gasteiger partial charge in [-0.3, -0.25) is 14.4 Å². The number of unbranched alkanes of at least 4 members (excludes halogenated alkanes) is 1. The fraction of sp³-hybridized carbons (Fsp3) is 0.333. The minimum atomic E-state index is -4.63. The standard InChI is InChI=1S/C24H24ClF3N2O6/c1-2-3-12-35-23(34)15-4-7-17(8-5-15)29-20(31)10-11-22(33)36-14-21(32)30-19-13-16(24(26,27)28)6-9-18(19)25/h4-9,13H,2-3,10-12,14H2,1H3,(H,29,31)(H,30,32). The number of carbonyl (C=O) groups is 4. The summed E-state index contributed by atoms with van der Waals surface area (Å²) in [6.07, 6.45) is -3.56. The third-order valence-corrected chi connectivity index (χ3v) is 4.95. The molecule has 2 amide bonds. The van der Waals surface area contributed by atoms with Gasteiger partial charge in [0.15, 0.2) is 6.61 Å². The van der Waals surface area contributed by atoms with Crippen molar-refractivity contribution in [2.75, 3.05) is 23.8 Å². The number of anilines is 2. The monoisotopic (exact) mass is 528 g/mol. The highest BCUT2D eigenvalue weighted by molar-refractivity contribution is 6.33. The van der Waals surface area contributed by atoms with Gasteiger partial charge in [-0.25, -0.2) is 4.79 Å². The van der Waals surface area contributed by atoms with Gasteiger partial charge in [0.25, 0.3) is 5.91 Å². The number of carbonyl (C=O) groups excluding carboxylic acids is 4. The molecule has 194 valence electrons. The molecule has 0 aliphatic heterocycles. The van der Waals surface area contributed by atoms with Crippen LogP contribution in [0.2, 0.25) is 5.02 Å². The van der Waals surface area contributed by atoms with E-state index in [9.17, 15) is 32.3 Å². The SMILES string of the molecule is CCCCOC(=O)c1ccc(NC(=O)CCC(=O)OCC(=O)Nc2cc(C(F)(F)F)ccc2Cl)cc1. The van der Waals surface area contributed by atoms with Crippen LogP contribution in [0.1, 0.15) is 48.5 Å². The Balaban J connectivity index is 1.74. The lowest BCUT2D eigenvalue weighted by molar-refractivity contribution is -0.147. The van der Waals surface area contributed by atoms with Crippen LogP contribution in [0.15, 0.2) is 42.5 Å². The average Bonchev–Trinajstić information content (AvgIpc) is 2.82. The van der Waals surface area contributed by atoms with Crippen molar-refractivity contribution in [3.8, 4) is 0 Å². The Bertz CT molecular complexity index is 1090. The molecule has 0 unspecified atom stereocenters. The Morgan fingerprint density at radius 1 is 0.917 bits per heavy atom. The molecule has 0 bridgehead atoms. The van der Waals surface area contributed by atoms with E-state index in [0.29, 0.717) is 23.9 Å². The van der Waals surface area contributed by atoms with E-state index >= 15 is 0 Å². The minimum absolute atomic E-state index is 0.124. The van der Waals surface area contributed by atoms with Crippen molar-refractivity contribution in [1.29, 1.82) is 0 Å². The zero-order chi connectivity index (χ0) is 26.7. The predicted octanol–water partition coefficient (Wildman–Crippen LogP) is 5.22. The second-order valence-electron chi connectivity index (χ2n) is 7.52. The number of esters is 2. The normalized spacial score (nSPS) is 10.9. The van der Waals surface area contributed by atoms with Crippen LogP contribution in [0.4, 0.5) is 24.5 Å². The topological polar surface area (TPSA) is 111 Å². The van der Waals surface area contributed by atoms with Crippen molar-refractivity contribution in [3.05, 3.63) is 58.6 Å². The number of hydrogen-bond donors (Lipinski definition) is 2. The zero-order valence-electron chi connectivity index (χ0n) is 19.2. The van der Waals surface area contributed by atoms with Gasteiger partial charge in [0.2, 0.25) is 5.91 Å². The van der Waals surface area contributed by atoms with Crippen LogP contribution in [0, 0.1) is 0 Å². The average molecular weight is 529 g/mol. The molecule has 0 heterocycles. The van der Waals surface area contributed by atoms with E-state index < -0.39 is 42.1 Å². The van der Waals surface area contributed by atoms with Crippen molar-refractivity contribution in [2.45, 2.75) is 38.8 Å². The molecule has 0 aliphatic rings. The molecule has 8 nitrogen and oxygen atoms in total. The first-order valence-electron chi connectivity index (χ1n) is 10.9. The number of benzene rings is 2. The van der Waals surface area contributed by atoms with Gasteiger partial charge >= 0.3 is 18.1 Å². The van der Waals surface area contributed by atoms with Gasteiger partial charge in [0.05, 0.1) is 34.9 Å². The number of nitrogens with one attached hydrogen (secondary N) is 2. The predicted molar refractivity (Wildman–Crippen MR) is 126 cm³/mol. The first-order valence-corrected chi connectivity index (χ1v) is 11.3. The molecule has 0 fully saturated rings. The summed E-state index contributed by atoms with van der Waals surface area (Å²) in [6.45, 7) is 1.52. The summed E-state index contributed by atoms with van der Waals surface area (Å²) in [5.74, 6) is -2.74. The molecule has 12 heteroatoms. The minimum Gasteiger partial charge on any atom is -0.462 e. The summed E-state index contributed by atoms with van der Waals surface area (Å²) in [5.41, 5.74) is -0.563. The van der Waals surface area contributed by atoms with Crippen LogP contribution in [0.5, 0.6) is 0 Å². The number of halogens is 4. The highest BCUT2D eigenvalue weighted by atomic mass is 35.5. The second-order valence-corrected chi connectivity index (χ2v) is 7.92. The molecule has 0 aliphatic carbocycles. The summed E-state index contributed by atoms with van der Waals surface area (Å²) in [7, 11) is 0. The largest absolute Gasteiger partial charge is 0.462 e.